The number of hydrogen-bond donors (Lipinski definition) is 1. The quantitative estimate of drug-likeness (QED) is 0.397. The molecule has 0 aliphatic carbocycles. The van der Waals surface area contributed by atoms with Crippen molar-refractivity contribution in [2.45, 2.75) is 0 Å². The summed E-state index contributed by atoms with van der Waals surface area (Å²) >= 11 is 0. The van der Waals surface area contributed by atoms with Crippen molar-refractivity contribution < 1.29 is 60.3 Å². The van der Waals surface area contributed by atoms with Gasteiger partial charge in [-0.05, 0) is 0 Å². The van der Waals surface area contributed by atoms with Gasteiger partial charge < -0.3 is 51.1 Å². The van der Waals surface area contributed by atoms with Crippen LogP contribution in [0.3, 0.4) is 0 Å². The van der Waals surface area contributed by atoms with Gasteiger partial charge in [-0.1, -0.05) is 0 Å². The van der Waals surface area contributed by atoms with E-state index in [2.05, 4.69) is 0 Å². The Hall–Kier alpha value is -1.12. The summed E-state index contributed by atoms with van der Waals surface area (Å²) in [5, 5.41) is 51.2. The van der Waals surface area contributed by atoms with Crippen LogP contribution in [-0.4, -0.2) is 27.5 Å². The first-order valence-corrected chi connectivity index (χ1v) is 2.09. The van der Waals surface area contributed by atoms with E-state index in [1.807, 2.05) is 0 Å². The Morgan fingerprint density at radius 1 is 0.667 bits per heavy atom. The molecule has 0 aromatic heterocycles. The van der Waals surface area contributed by atoms with Crippen LogP contribution < -0.4 is 0 Å². The Labute approximate surface area is 113 Å². The predicted octanol–water partition coefficient (Wildman–Crippen LogP) is -1.11. The first kappa shape index (κ1) is 29.2. The van der Waals surface area contributed by atoms with Crippen LogP contribution in [0.2, 0.25) is 0 Å². The molecular weight excluding hydrogens is 371 g/mol. The summed E-state index contributed by atoms with van der Waals surface area (Å²) in [4.78, 5) is 24.8. The maximum absolute atomic E-state index is 8.25. The van der Waals surface area contributed by atoms with Crippen LogP contribution in [-0.2, 0) is 0 Å². The van der Waals surface area contributed by atoms with Gasteiger partial charge >= 0.3 is 39.9 Å². The van der Waals surface area contributed by atoms with Crippen LogP contribution in [0, 0.1) is 85.9 Å². The zero-order valence-corrected chi connectivity index (χ0v) is 9.09. The first-order chi connectivity index (χ1) is 6.20. The summed E-state index contributed by atoms with van der Waals surface area (Å²) in [6.07, 6.45) is 0. The second-order valence-electron chi connectivity index (χ2n) is 0.671. The van der Waals surface area contributed by atoms with Gasteiger partial charge in [0.1, 0.15) is 0 Å². The Morgan fingerprint density at radius 3 is 0.667 bits per heavy atom. The molecule has 0 atom stereocenters. The van der Waals surface area contributed by atoms with E-state index in [9.17, 15) is 0 Å². The molecule has 0 saturated carbocycles. The summed E-state index contributed by atoms with van der Waals surface area (Å²) < 4.78 is 0. The number of aliphatic hydroxyl groups is 1. The molecule has 0 aromatic rings. The Balaban J connectivity index is -0.0000000298. The molecule has 0 aliphatic rings. The number of nitrogens with zero attached hydrogens (tertiary/aromatic N) is 3. The molecule has 0 spiro atoms. The average Bonchev–Trinajstić information content (AvgIpc) is 1.86. The maximum Gasteiger partial charge on any atom is 3.00 e. The predicted molar refractivity (Wildman–Crippen MR) is 39.2 cm³/mol. The van der Waals surface area contributed by atoms with Crippen molar-refractivity contribution in [1.82, 2.24) is 0 Å². The molecule has 0 aromatic carbocycles. The van der Waals surface area contributed by atoms with E-state index in [-0.39, 0.29) is 39.9 Å². The van der Waals surface area contributed by atoms with E-state index < -0.39 is 15.3 Å². The summed E-state index contributed by atoms with van der Waals surface area (Å²) in [5.41, 5.74) is 0. The molecule has 0 heterocycles. The molecule has 13 nitrogen and oxygen atoms in total. The average molecular weight is 375 g/mol. The second kappa shape index (κ2) is 29.3. The largest absolute Gasteiger partial charge is 3.00 e. The van der Waals surface area contributed by atoms with Gasteiger partial charge in [0.05, 0.1) is 15.3 Å². The molecule has 0 aliphatic heterocycles. The van der Waals surface area contributed by atoms with Crippen molar-refractivity contribution in [1.29, 1.82) is 0 Å². The minimum absolute atomic E-state index is 0. The van der Waals surface area contributed by atoms with Crippen molar-refractivity contribution in [3.63, 3.8) is 0 Å². The number of rotatable bonds is 0. The monoisotopic (exact) mass is 376 g/mol. The zero-order chi connectivity index (χ0) is 12.7. The summed E-state index contributed by atoms with van der Waals surface area (Å²) in [6.45, 7) is 0. The van der Waals surface area contributed by atoms with Crippen LogP contribution in [0.15, 0.2) is 0 Å². The SMILES string of the molecule is CO.O=[N+]([O-])[O-].O=[N+]([O-])[O-].O=[N+]([O-])[O-].[Gd+3]. The smallest absolute Gasteiger partial charge is 0.400 e. The van der Waals surface area contributed by atoms with E-state index in [1.165, 1.54) is 0 Å². The molecule has 0 rings (SSSR count). The molecular formula is CH4GdN3O10. The fraction of sp³-hybridized carbons (Fsp3) is 1.00. The van der Waals surface area contributed by atoms with Crippen LogP contribution in [0.1, 0.15) is 0 Å². The molecule has 0 amide bonds. The third kappa shape index (κ3) is 1230. The minimum Gasteiger partial charge on any atom is -0.400 e. The van der Waals surface area contributed by atoms with Crippen molar-refractivity contribution >= 4 is 0 Å². The van der Waals surface area contributed by atoms with Crippen LogP contribution in [0.4, 0.5) is 0 Å². The van der Waals surface area contributed by atoms with Gasteiger partial charge in [0.2, 0.25) is 0 Å². The Kier molecular flexibility index (Phi) is 57.0. The van der Waals surface area contributed by atoms with Crippen molar-refractivity contribution in [3.8, 4) is 0 Å². The van der Waals surface area contributed by atoms with Gasteiger partial charge in [-0.25, -0.2) is 0 Å². The molecule has 0 bridgehead atoms. The number of aliphatic hydroxyl groups excluding tert-OH is 1. The van der Waals surface area contributed by atoms with Gasteiger partial charge in [0, 0.05) is 7.11 Å². The zero-order valence-electron chi connectivity index (χ0n) is 6.82. The fourth-order valence-corrected chi connectivity index (χ4v) is 0. The van der Waals surface area contributed by atoms with E-state index in [1.54, 1.807) is 0 Å². The van der Waals surface area contributed by atoms with Crippen molar-refractivity contribution in [3.05, 3.63) is 46.0 Å². The maximum atomic E-state index is 8.25. The van der Waals surface area contributed by atoms with Gasteiger partial charge in [-0.3, -0.25) is 0 Å². The van der Waals surface area contributed by atoms with Crippen molar-refractivity contribution in [2.75, 3.05) is 7.11 Å². The van der Waals surface area contributed by atoms with Crippen LogP contribution >= 0.6 is 0 Å². The normalized spacial score (nSPS) is 5.20. The van der Waals surface area contributed by atoms with Crippen LogP contribution in [0.25, 0.3) is 0 Å². The van der Waals surface area contributed by atoms with Crippen LogP contribution in [0.5, 0.6) is 0 Å². The third-order valence-electron chi connectivity index (χ3n) is 0. The Bertz CT molecular complexity index is 118. The fourth-order valence-electron chi connectivity index (χ4n) is 0. The van der Waals surface area contributed by atoms with Crippen molar-refractivity contribution in [2.24, 2.45) is 0 Å². The van der Waals surface area contributed by atoms with Gasteiger partial charge in [0.25, 0.3) is 0 Å². The molecule has 14 heteroatoms. The Morgan fingerprint density at radius 2 is 0.667 bits per heavy atom. The molecule has 1 radical (unpaired) electrons. The summed E-state index contributed by atoms with van der Waals surface area (Å²) in [5.74, 6) is 0. The van der Waals surface area contributed by atoms with Gasteiger partial charge in [-0.15, -0.1) is 0 Å². The molecule has 0 saturated heterocycles. The minimum atomic E-state index is -1.75. The van der Waals surface area contributed by atoms with E-state index in [0.717, 1.165) is 7.11 Å². The number of hydrogen-bond acceptors (Lipinski definition) is 10. The first-order valence-electron chi connectivity index (χ1n) is 2.09. The second-order valence-corrected chi connectivity index (χ2v) is 0.671. The van der Waals surface area contributed by atoms with Gasteiger partial charge in [0.15, 0.2) is 0 Å². The van der Waals surface area contributed by atoms with Gasteiger partial charge in [-0.2, -0.15) is 0 Å². The molecule has 15 heavy (non-hydrogen) atoms. The summed E-state index contributed by atoms with van der Waals surface area (Å²) in [7, 11) is 1.00. The topological polar surface area (TPSA) is 219 Å². The molecule has 91 valence electrons. The molecule has 1 N–H and O–H groups in total. The van der Waals surface area contributed by atoms with E-state index >= 15 is 0 Å². The summed E-state index contributed by atoms with van der Waals surface area (Å²) in [6, 6.07) is 0. The molecule has 0 fully saturated rings. The standard InChI is InChI=1S/CH4O.Gd.3NO3/c1-2;;3*2-1(3)4/h2H,1H3;;;;/q;+3;3*-1. The third-order valence-corrected chi connectivity index (χ3v) is 0. The van der Waals surface area contributed by atoms with E-state index in [4.69, 9.17) is 51.1 Å². The van der Waals surface area contributed by atoms with E-state index in [0.29, 0.717) is 0 Å². The molecule has 0 unspecified atom stereocenters.